The molecule has 4 rings (SSSR count). The lowest BCUT2D eigenvalue weighted by Crippen LogP contribution is -2.29. The molecule has 3 aromatic heterocycles. The van der Waals surface area contributed by atoms with Crippen molar-refractivity contribution >= 4 is 33.9 Å². The molecule has 0 saturated heterocycles. The molecule has 0 aliphatic carbocycles. The SMILES string of the molecule is Cc1ccn2nc(C(C)Nc3ncncc3I)n(-c3ccccc3)c(=O)c12. The van der Waals surface area contributed by atoms with E-state index < -0.39 is 0 Å². The molecule has 0 saturated carbocycles. The molecule has 136 valence electrons. The molecule has 1 N–H and O–H groups in total. The first-order chi connectivity index (χ1) is 13.1. The maximum Gasteiger partial charge on any atom is 0.282 e. The second-order valence-electron chi connectivity index (χ2n) is 6.21. The van der Waals surface area contributed by atoms with E-state index in [1.54, 1.807) is 15.3 Å². The first-order valence-corrected chi connectivity index (χ1v) is 9.52. The summed E-state index contributed by atoms with van der Waals surface area (Å²) in [5.41, 5.74) is 2.15. The summed E-state index contributed by atoms with van der Waals surface area (Å²) >= 11 is 2.18. The molecule has 0 radical (unpaired) electrons. The number of anilines is 1. The van der Waals surface area contributed by atoms with Gasteiger partial charge in [-0.15, -0.1) is 0 Å². The van der Waals surface area contributed by atoms with Crippen LogP contribution in [0.15, 0.2) is 59.9 Å². The zero-order chi connectivity index (χ0) is 19.0. The van der Waals surface area contributed by atoms with Crippen molar-refractivity contribution in [1.29, 1.82) is 0 Å². The molecular weight excluding hydrogens is 455 g/mol. The van der Waals surface area contributed by atoms with Crippen LogP contribution in [-0.4, -0.2) is 24.1 Å². The highest BCUT2D eigenvalue weighted by Gasteiger charge is 2.20. The van der Waals surface area contributed by atoms with Crippen LogP contribution < -0.4 is 10.9 Å². The quantitative estimate of drug-likeness (QED) is 0.461. The third-order valence-electron chi connectivity index (χ3n) is 4.34. The number of benzene rings is 1. The fourth-order valence-corrected chi connectivity index (χ4v) is 3.48. The Bertz CT molecular complexity index is 1170. The van der Waals surface area contributed by atoms with Crippen molar-refractivity contribution < 1.29 is 0 Å². The van der Waals surface area contributed by atoms with Gasteiger partial charge >= 0.3 is 0 Å². The van der Waals surface area contributed by atoms with E-state index in [9.17, 15) is 4.79 Å². The Balaban J connectivity index is 1.91. The summed E-state index contributed by atoms with van der Waals surface area (Å²) in [5, 5.41) is 8.07. The van der Waals surface area contributed by atoms with Gasteiger partial charge < -0.3 is 5.32 Å². The maximum atomic E-state index is 13.3. The van der Waals surface area contributed by atoms with Gasteiger partial charge in [0.1, 0.15) is 17.7 Å². The Morgan fingerprint density at radius 1 is 1.19 bits per heavy atom. The minimum atomic E-state index is -0.256. The molecule has 7 nitrogen and oxygen atoms in total. The van der Waals surface area contributed by atoms with Gasteiger partial charge in [-0.25, -0.2) is 14.5 Å². The number of fused-ring (bicyclic) bond motifs is 1. The van der Waals surface area contributed by atoms with Crippen LogP contribution in [-0.2, 0) is 0 Å². The fraction of sp³-hybridized carbons (Fsp3) is 0.158. The van der Waals surface area contributed by atoms with E-state index in [0.29, 0.717) is 17.2 Å². The van der Waals surface area contributed by atoms with Crippen LogP contribution >= 0.6 is 22.6 Å². The Morgan fingerprint density at radius 2 is 1.96 bits per heavy atom. The molecule has 1 atom stereocenters. The largest absolute Gasteiger partial charge is 0.359 e. The number of hydrogen-bond donors (Lipinski definition) is 1. The molecule has 0 amide bonds. The summed E-state index contributed by atoms with van der Waals surface area (Å²) < 4.78 is 4.21. The third kappa shape index (κ3) is 3.20. The number of nitrogens with zero attached hydrogens (tertiary/aromatic N) is 5. The molecule has 0 fully saturated rings. The first-order valence-electron chi connectivity index (χ1n) is 8.44. The van der Waals surface area contributed by atoms with Gasteiger partial charge in [0.25, 0.3) is 5.56 Å². The predicted molar refractivity (Wildman–Crippen MR) is 112 cm³/mol. The van der Waals surface area contributed by atoms with E-state index in [2.05, 4.69) is 37.9 Å². The Labute approximate surface area is 169 Å². The number of nitrogens with one attached hydrogen (secondary N) is 1. The second kappa shape index (κ2) is 7.10. The first kappa shape index (κ1) is 17.7. The zero-order valence-corrected chi connectivity index (χ0v) is 17.0. The smallest absolute Gasteiger partial charge is 0.282 e. The fourth-order valence-electron chi connectivity index (χ4n) is 3.03. The summed E-state index contributed by atoms with van der Waals surface area (Å²) in [7, 11) is 0. The molecule has 0 aliphatic rings. The minimum Gasteiger partial charge on any atom is -0.359 e. The maximum absolute atomic E-state index is 13.3. The van der Waals surface area contributed by atoms with Gasteiger partial charge in [-0.1, -0.05) is 18.2 Å². The van der Waals surface area contributed by atoms with Crippen LogP contribution in [0.3, 0.4) is 0 Å². The topological polar surface area (TPSA) is 77.1 Å². The minimum absolute atomic E-state index is 0.0975. The molecule has 4 aromatic rings. The van der Waals surface area contributed by atoms with Crippen molar-refractivity contribution in [3.05, 3.63) is 80.4 Å². The van der Waals surface area contributed by atoms with Crippen LogP contribution in [0.2, 0.25) is 0 Å². The van der Waals surface area contributed by atoms with Crippen LogP contribution in [0.4, 0.5) is 5.82 Å². The molecule has 0 bridgehead atoms. The van der Waals surface area contributed by atoms with E-state index in [0.717, 1.165) is 14.8 Å². The molecule has 1 aromatic carbocycles. The highest BCUT2D eigenvalue weighted by atomic mass is 127. The van der Waals surface area contributed by atoms with Crippen molar-refractivity contribution in [2.24, 2.45) is 0 Å². The van der Waals surface area contributed by atoms with Crippen molar-refractivity contribution in [3.8, 4) is 5.69 Å². The van der Waals surface area contributed by atoms with Crippen LogP contribution in [0.5, 0.6) is 0 Å². The summed E-state index contributed by atoms with van der Waals surface area (Å²) in [6.07, 6.45) is 5.04. The lowest BCUT2D eigenvalue weighted by Gasteiger charge is -2.20. The highest BCUT2D eigenvalue weighted by molar-refractivity contribution is 14.1. The van der Waals surface area contributed by atoms with Crippen molar-refractivity contribution in [3.63, 3.8) is 0 Å². The summed E-state index contributed by atoms with van der Waals surface area (Å²) in [4.78, 5) is 21.6. The van der Waals surface area contributed by atoms with E-state index >= 15 is 0 Å². The number of rotatable bonds is 4. The van der Waals surface area contributed by atoms with Gasteiger partial charge in [0.15, 0.2) is 5.82 Å². The Kier molecular flexibility index (Phi) is 4.65. The van der Waals surface area contributed by atoms with E-state index in [-0.39, 0.29) is 11.6 Å². The van der Waals surface area contributed by atoms with Crippen LogP contribution in [0.25, 0.3) is 11.2 Å². The second-order valence-corrected chi connectivity index (χ2v) is 7.37. The molecule has 1 unspecified atom stereocenters. The number of aromatic nitrogens is 5. The average Bonchev–Trinajstić information content (AvgIpc) is 3.05. The van der Waals surface area contributed by atoms with Crippen molar-refractivity contribution in [2.45, 2.75) is 19.9 Å². The third-order valence-corrected chi connectivity index (χ3v) is 5.13. The molecule has 0 aliphatic heterocycles. The zero-order valence-electron chi connectivity index (χ0n) is 14.8. The van der Waals surface area contributed by atoms with E-state index in [4.69, 9.17) is 5.10 Å². The van der Waals surface area contributed by atoms with Gasteiger partial charge in [-0.2, -0.15) is 5.10 Å². The van der Waals surface area contributed by atoms with Gasteiger partial charge in [-0.3, -0.25) is 9.36 Å². The number of aryl methyl sites for hydroxylation is 1. The molecule has 8 heteroatoms. The Morgan fingerprint density at radius 3 is 2.70 bits per heavy atom. The summed E-state index contributed by atoms with van der Waals surface area (Å²) in [6.45, 7) is 3.87. The van der Waals surface area contributed by atoms with Gasteiger partial charge in [-0.05, 0) is 60.2 Å². The number of hydrogen-bond acceptors (Lipinski definition) is 5. The van der Waals surface area contributed by atoms with Crippen LogP contribution in [0.1, 0.15) is 24.4 Å². The van der Waals surface area contributed by atoms with E-state index in [1.807, 2.05) is 56.4 Å². The van der Waals surface area contributed by atoms with Crippen LogP contribution in [0, 0.1) is 10.5 Å². The van der Waals surface area contributed by atoms with Gasteiger partial charge in [0.05, 0.1) is 15.3 Å². The molecule has 27 heavy (non-hydrogen) atoms. The molecule has 3 heterocycles. The number of para-hydroxylation sites is 1. The van der Waals surface area contributed by atoms with Gasteiger partial charge in [0.2, 0.25) is 0 Å². The molecular formula is C19H17IN6O. The average molecular weight is 472 g/mol. The summed E-state index contributed by atoms with van der Waals surface area (Å²) in [5.74, 6) is 1.31. The standard InChI is InChI=1S/C19H17IN6O/c1-12-8-9-25-16(12)19(27)26(14-6-4-3-5-7-14)18(24-25)13(2)23-17-15(20)10-21-11-22-17/h3-11,13H,1-2H3,(H,21,22,23). The summed E-state index contributed by atoms with van der Waals surface area (Å²) in [6, 6.07) is 11.2. The lowest BCUT2D eigenvalue weighted by molar-refractivity contribution is 0.672. The van der Waals surface area contributed by atoms with Crippen molar-refractivity contribution in [1.82, 2.24) is 24.1 Å². The van der Waals surface area contributed by atoms with Gasteiger partial charge in [0, 0.05) is 12.4 Å². The Hall–Kier alpha value is -2.75. The molecule has 0 spiro atoms. The van der Waals surface area contributed by atoms with E-state index in [1.165, 1.54) is 6.33 Å². The number of halogens is 1. The van der Waals surface area contributed by atoms with Crippen molar-refractivity contribution in [2.75, 3.05) is 5.32 Å². The lowest BCUT2D eigenvalue weighted by atomic mass is 10.2. The normalized spacial score (nSPS) is 12.3. The monoisotopic (exact) mass is 472 g/mol. The predicted octanol–water partition coefficient (Wildman–Crippen LogP) is 3.36. The highest BCUT2D eigenvalue weighted by Crippen LogP contribution is 2.22.